The van der Waals surface area contributed by atoms with Crippen molar-refractivity contribution in [3.63, 3.8) is 0 Å². The Morgan fingerprint density at radius 2 is 1.86 bits per heavy atom. The Balaban J connectivity index is 2.05. The molecule has 0 bridgehead atoms. The van der Waals surface area contributed by atoms with Gasteiger partial charge in [-0.15, -0.1) is 11.6 Å². The van der Waals surface area contributed by atoms with Crippen LogP contribution in [0, 0.1) is 25.7 Å². The summed E-state index contributed by atoms with van der Waals surface area (Å²) in [5.41, 5.74) is 4.56. The molecule has 0 atom stereocenters. The van der Waals surface area contributed by atoms with E-state index in [9.17, 15) is 0 Å². The summed E-state index contributed by atoms with van der Waals surface area (Å²) in [6.07, 6.45) is 0.714. The van der Waals surface area contributed by atoms with Crippen molar-refractivity contribution in [2.24, 2.45) is 0 Å². The van der Waals surface area contributed by atoms with E-state index in [0.717, 1.165) is 16.9 Å². The Bertz CT molecular complexity index is 665. The fraction of sp³-hybridized carbons (Fsp3) is 0.263. The lowest BCUT2D eigenvalue weighted by atomic mass is 10.1. The van der Waals surface area contributed by atoms with Gasteiger partial charge in [0.15, 0.2) is 0 Å². The van der Waals surface area contributed by atoms with E-state index in [-0.39, 0.29) is 0 Å². The highest BCUT2D eigenvalue weighted by atomic mass is 35.5. The first-order chi connectivity index (χ1) is 10.2. The molecule has 0 aliphatic rings. The number of aryl methyl sites for hydroxylation is 2. The zero-order chi connectivity index (χ0) is 15.1. The minimum Gasteiger partial charge on any atom is -0.489 e. The monoisotopic (exact) mass is 298 g/mol. The highest BCUT2D eigenvalue weighted by molar-refractivity contribution is 6.18. The van der Waals surface area contributed by atoms with Crippen molar-refractivity contribution in [1.82, 2.24) is 0 Å². The molecule has 0 saturated carbocycles. The standard InChI is InChI=1S/C19H19ClO/c1-15-7-3-4-9-18(15)14-21-19-11-10-17(13-16(19)2)8-5-6-12-20/h3-4,7,9-11,13H,6,12,14H2,1-2H3. The predicted molar refractivity (Wildman–Crippen MR) is 88.9 cm³/mol. The van der Waals surface area contributed by atoms with Crippen LogP contribution in [-0.2, 0) is 6.61 Å². The van der Waals surface area contributed by atoms with Gasteiger partial charge in [0.25, 0.3) is 0 Å². The molecular formula is C19H19ClO. The molecule has 0 saturated heterocycles. The molecule has 0 spiro atoms. The molecule has 0 unspecified atom stereocenters. The van der Waals surface area contributed by atoms with Gasteiger partial charge in [-0.3, -0.25) is 0 Å². The number of hydrogen-bond donors (Lipinski definition) is 0. The predicted octanol–water partition coefficient (Wildman–Crippen LogP) is 4.86. The van der Waals surface area contributed by atoms with E-state index >= 15 is 0 Å². The van der Waals surface area contributed by atoms with Gasteiger partial charge in [-0.25, -0.2) is 0 Å². The molecular weight excluding hydrogens is 280 g/mol. The van der Waals surface area contributed by atoms with Crippen LogP contribution in [-0.4, -0.2) is 5.88 Å². The quantitative estimate of drug-likeness (QED) is 0.578. The number of hydrogen-bond acceptors (Lipinski definition) is 1. The average molecular weight is 299 g/mol. The van der Waals surface area contributed by atoms with Gasteiger partial charge in [0.1, 0.15) is 12.4 Å². The van der Waals surface area contributed by atoms with Gasteiger partial charge in [-0.05, 0) is 48.7 Å². The Morgan fingerprint density at radius 1 is 1.05 bits per heavy atom. The van der Waals surface area contributed by atoms with Gasteiger partial charge in [0, 0.05) is 17.9 Å². The second-order valence-corrected chi connectivity index (χ2v) is 5.31. The summed E-state index contributed by atoms with van der Waals surface area (Å²) in [7, 11) is 0. The highest BCUT2D eigenvalue weighted by Gasteiger charge is 2.02. The average Bonchev–Trinajstić information content (AvgIpc) is 2.48. The Hall–Kier alpha value is -1.91. The largest absolute Gasteiger partial charge is 0.489 e. The first-order valence-electron chi connectivity index (χ1n) is 7.03. The molecule has 2 aromatic carbocycles. The summed E-state index contributed by atoms with van der Waals surface area (Å²) < 4.78 is 5.92. The van der Waals surface area contributed by atoms with Gasteiger partial charge < -0.3 is 4.74 Å². The number of halogens is 1. The summed E-state index contributed by atoms with van der Waals surface area (Å²) in [5.74, 6) is 7.62. The highest BCUT2D eigenvalue weighted by Crippen LogP contribution is 2.20. The van der Waals surface area contributed by atoms with E-state index in [4.69, 9.17) is 16.3 Å². The zero-order valence-electron chi connectivity index (χ0n) is 12.4. The fourth-order valence-corrected chi connectivity index (χ4v) is 2.12. The van der Waals surface area contributed by atoms with Crippen LogP contribution < -0.4 is 4.74 Å². The van der Waals surface area contributed by atoms with Crippen LogP contribution in [0.2, 0.25) is 0 Å². The molecule has 0 amide bonds. The maximum Gasteiger partial charge on any atom is 0.122 e. The summed E-state index contributed by atoms with van der Waals surface area (Å²) in [4.78, 5) is 0. The van der Waals surface area contributed by atoms with Crippen molar-refractivity contribution < 1.29 is 4.74 Å². The van der Waals surface area contributed by atoms with Crippen LogP contribution in [0.5, 0.6) is 5.75 Å². The summed E-state index contributed by atoms with van der Waals surface area (Å²) in [6, 6.07) is 14.3. The SMILES string of the molecule is Cc1ccccc1COc1ccc(C#CCCCl)cc1C. The molecule has 2 rings (SSSR count). The number of ether oxygens (including phenoxy) is 1. The van der Waals surface area contributed by atoms with E-state index < -0.39 is 0 Å². The summed E-state index contributed by atoms with van der Waals surface area (Å²) in [5, 5.41) is 0. The molecule has 0 radical (unpaired) electrons. The van der Waals surface area contributed by atoms with E-state index in [1.165, 1.54) is 11.1 Å². The van der Waals surface area contributed by atoms with Crippen molar-refractivity contribution in [3.05, 3.63) is 64.7 Å². The van der Waals surface area contributed by atoms with Crippen molar-refractivity contribution >= 4 is 11.6 Å². The first kappa shape index (κ1) is 15.5. The van der Waals surface area contributed by atoms with Gasteiger partial charge in [0.05, 0.1) is 0 Å². The third-order valence-corrected chi connectivity index (χ3v) is 3.46. The van der Waals surface area contributed by atoms with Crippen LogP contribution in [0.3, 0.4) is 0 Å². The van der Waals surface area contributed by atoms with Crippen LogP contribution >= 0.6 is 11.6 Å². The molecule has 21 heavy (non-hydrogen) atoms. The molecule has 0 fully saturated rings. The van der Waals surface area contributed by atoms with Crippen molar-refractivity contribution in [2.75, 3.05) is 5.88 Å². The second-order valence-electron chi connectivity index (χ2n) is 4.94. The third kappa shape index (κ3) is 4.55. The Morgan fingerprint density at radius 3 is 2.57 bits per heavy atom. The van der Waals surface area contributed by atoms with Crippen LogP contribution in [0.15, 0.2) is 42.5 Å². The Labute approximate surface area is 131 Å². The van der Waals surface area contributed by atoms with Gasteiger partial charge in [0.2, 0.25) is 0 Å². The van der Waals surface area contributed by atoms with Gasteiger partial charge in [-0.2, -0.15) is 0 Å². The molecule has 2 heteroatoms. The summed E-state index contributed by atoms with van der Waals surface area (Å²) in [6.45, 7) is 4.73. The lowest BCUT2D eigenvalue weighted by Gasteiger charge is -2.11. The summed E-state index contributed by atoms with van der Waals surface area (Å²) >= 11 is 5.61. The fourth-order valence-electron chi connectivity index (χ4n) is 2.03. The second kappa shape index (κ2) is 7.76. The number of alkyl halides is 1. The van der Waals surface area contributed by atoms with E-state index in [0.29, 0.717) is 18.9 Å². The molecule has 0 aliphatic carbocycles. The van der Waals surface area contributed by atoms with Crippen LogP contribution in [0.25, 0.3) is 0 Å². The van der Waals surface area contributed by atoms with Crippen LogP contribution in [0.1, 0.15) is 28.7 Å². The van der Waals surface area contributed by atoms with E-state index in [1.54, 1.807) is 0 Å². The van der Waals surface area contributed by atoms with Crippen molar-refractivity contribution in [3.8, 4) is 17.6 Å². The molecule has 0 aliphatic heterocycles. The minimum atomic E-state index is 0.573. The first-order valence-corrected chi connectivity index (χ1v) is 7.57. The molecule has 108 valence electrons. The lowest BCUT2D eigenvalue weighted by Crippen LogP contribution is -1.99. The van der Waals surface area contributed by atoms with Crippen molar-refractivity contribution in [2.45, 2.75) is 26.9 Å². The maximum absolute atomic E-state index is 5.92. The van der Waals surface area contributed by atoms with E-state index in [1.807, 2.05) is 31.2 Å². The van der Waals surface area contributed by atoms with Gasteiger partial charge in [-0.1, -0.05) is 36.1 Å². The topological polar surface area (TPSA) is 9.23 Å². The molecule has 0 heterocycles. The third-order valence-electron chi connectivity index (χ3n) is 3.27. The van der Waals surface area contributed by atoms with E-state index in [2.05, 4.69) is 37.0 Å². The minimum absolute atomic E-state index is 0.573. The molecule has 2 aromatic rings. The molecule has 1 nitrogen and oxygen atoms in total. The lowest BCUT2D eigenvalue weighted by molar-refractivity contribution is 0.303. The smallest absolute Gasteiger partial charge is 0.122 e. The van der Waals surface area contributed by atoms with Crippen LogP contribution in [0.4, 0.5) is 0 Å². The molecule has 0 N–H and O–H groups in total. The zero-order valence-corrected chi connectivity index (χ0v) is 13.2. The Kier molecular flexibility index (Phi) is 5.72. The normalized spacial score (nSPS) is 9.86. The number of rotatable bonds is 4. The molecule has 0 aromatic heterocycles. The van der Waals surface area contributed by atoms with Gasteiger partial charge >= 0.3 is 0 Å². The number of benzene rings is 2. The maximum atomic E-state index is 5.92. The van der Waals surface area contributed by atoms with Crippen molar-refractivity contribution in [1.29, 1.82) is 0 Å².